The van der Waals surface area contributed by atoms with E-state index in [4.69, 9.17) is 17.3 Å². The van der Waals surface area contributed by atoms with Crippen LogP contribution in [0.1, 0.15) is 40.4 Å². The quantitative estimate of drug-likeness (QED) is 0.605. The third-order valence-corrected chi connectivity index (χ3v) is 6.02. The van der Waals surface area contributed by atoms with E-state index in [1.165, 1.54) is 24.3 Å². The first-order valence-electron chi connectivity index (χ1n) is 10.4. The molecule has 1 saturated heterocycles. The molecule has 1 aliphatic heterocycles. The molecule has 1 aromatic heterocycles. The molecule has 0 radical (unpaired) electrons. The fraction of sp³-hybridized carbons (Fsp3) is 0.304. The molecule has 1 fully saturated rings. The zero-order valence-electron chi connectivity index (χ0n) is 17.4. The molecule has 174 valence electrons. The summed E-state index contributed by atoms with van der Waals surface area (Å²) in [6.07, 6.45) is -3.83. The van der Waals surface area contributed by atoms with E-state index in [2.05, 4.69) is 10.9 Å². The molecule has 3 aromatic rings. The lowest BCUT2D eigenvalue weighted by molar-refractivity contribution is -0.199. The number of nitrogens with two attached hydrogens (primary N) is 1. The standard InChI is InChI=1S/C23H21ClF3N3O3/c24-18-4-5-19-17(11-18)12-20(30(19)33-22(32)23(25,26)27)21(31)29-8-6-15(7-9-29)16-3-1-2-14(10-16)13-28/h1-5,10-12,15H,6-9,13,28H2. The van der Waals surface area contributed by atoms with Crippen molar-refractivity contribution >= 4 is 34.4 Å². The normalized spacial score (nSPS) is 15.1. The van der Waals surface area contributed by atoms with Gasteiger partial charge in [-0.1, -0.05) is 35.9 Å². The van der Waals surface area contributed by atoms with Crippen LogP contribution in [-0.4, -0.2) is 40.8 Å². The number of carbonyl (C=O) groups excluding carboxylic acids is 2. The molecule has 2 N–H and O–H groups in total. The van der Waals surface area contributed by atoms with Gasteiger partial charge in [0.1, 0.15) is 5.69 Å². The number of hydrogen-bond donors (Lipinski definition) is 1. The second-order valence-electron chi connectivity index (χ2n) is 7.92. The minimum atomic E-state index is -5.21. The number of alkyl halides is 3. The lowest BCUT2D eigenvalue weighted by atomic mass is 9.88. The number of rotatable bonds is 4. The Balaban J connectivity index is 1.58. The summed E-state index contributed by atoms with van der Waals surface area (Å²) in [6.45, 7) is 1.26. The largest absolute Gasteiger partial charge is 0.493 e. The number of carbonyl (C=O) groups is 2. The van der Waals surface area contributed by atoms with Gasteiger partial charge in [0, 0.05) is 30.0 Å². The number of halogens is 4. The molecule has 33 heavy (non-hydrogen) atoms. The number of nitrogens with zero attached hydrogens (tertiary/aromatic N) is 2. The molecule has 0 bridgehead atoms. The van der Waals surface area contributed by atoms with Crippen LogP contribution in [-0.2, 0) is 11.3 Å². The highest BCUT2D eigenvalue weighted by Gasteiger charge is 2.43. The van der Waals surface area contributed by atoms with E-state index in [0.29, 0.717) is 47.6 Å². The Labute approximate surface area is 192 Å². The maximum Gasteiger partial charge on any atom is 0.493 e. The molecule has 0 atom stereocenters. The van der Waals surface area contributed by atoms with Gasteiger partial charge >= 0.3 is 12.1 Å². The summed E-state index contributed by atoms with van der Waals surface area (Å²) < 4.78 is 39.2. The molecule has 0 spiro atoms. The van der Waals surface area contributed by atoms with Crippen LogP contribution < -0.4 is 10.6 Å². The molecule has 2 aromatic carbocycles. The van der Waals surface area contributed by atoms with Crippen molar-refractivity contribution in [1.82, 2.24) is 9.63 Å². The van der Waals surface area contributed by atoms with Gasteiger partial charge in [-0.05, 0) is 54.2 Å². The van der Waals surface area contributed by atoms with Gasteiger partial charge in [-0.2, -0.15) is 17.9 Å². The number of hydrogen-bond acceptors (Lipinski definition) is 4. The van der Waals surface area contributed by atoms with E-state index >= 15 is 0 Å². The minimum Gasteiger partial charge on any atom is -0.337 e. The maximum absolute atomic E-state index is 13.2. The predicted molar refractivity (Wildman–Crippen MR) is 117 cm³/mol. The molecule has 10 heteroatoms. The summed E-state index contributed by atoms with van der Waals surface area (Å²) in [7, 11) is 0. The van der Waals surface area contributed by atoms with Gasteiger partial charge in [0.05, 0.1) is 5.52 Å². The highest BCUT2D eigenvalue weighted by molar-refractivity contribution is 6.31. The summed E-state index contributed by atoms with van der Waals surface area (Å²) in [5, 5.41) is 0.718. The second kappa shape index (κ2) is 9.07. The van der Waals surface area contributed by atoms with E-state index in [1.54, 1.807) is 4.90 Å². The molecule has 4 rings (SSSR count). The Morgan fingerprint density at radius 2 is 1.82 bits per heavy atom. The van der Waals surface area contributed by atoms with E-state index in [1.807, 2.05) is 18.2 Å². The Bertz CT molecular complexity index is 1200. The van der Waals surface area contributed by atoms with Gasteiger partial charge in [0.2, 0.25) is 0 Å². The first-order valence-corrected chi connectivity index (χ1v) is 10.7. The Morgan fingerprint density at radius 3 is 2.48 bits per heavy atom. The zero-order valence-corrected chi connectivity index (χ0v) is 18.2. The van der Waals surface area contributed by atoms with Crippen molar-refractivity contribution in [1.29, 1.82) is 0 Å². The van der Waals surface area contributed by atoms with Gasteiger partial charge in [-0.25, -0.2) is 4.79 Å². The number of amides is 1. The van der Waals surface area contributed by atoms with Gasteiger partial charge in [-0.3, -0.25) is 4.79 Å². The van der Waals surface area contributed by atoms with Crippen LogP contribution in [0.3, 0.4) is 0 Å². The SMILES string of the molecule is NCc1cccc(C2CCN(C(=O)c3cc4cc(Cl)ccc4n3OC(=O)C(F)(F)F)CC2)c1. The van der Waals surface area contributed by atoms with Crippen molar-refractivity contribution in [3.63, 3.8) is 0 Å². The van der Waals surface area contributed by atoms with Gasteiger partial charge in [0.15, 0.2) is 0 Å². The van der Waals surface area contributed by atoms with Crippen LogP contribution >= 0.6 is 11.6 Å². The maximum atomic E-state index is 13.2. The number of fused-ring (bicyclic) bond motifs is 1. The van der Waals surface area contributed by atoms with E-state index < -0.39 is 18.1 Å². The molecule has 1 amide bonds. The molecule has 2 heterocycles. The lowest BCUT2D eigenvalue weighted by Gasteiger charge is -2.32. The number of piperidine rings is 1. The summed E-state index contributed by atoms with van der Waals surface area (Å²) in [5.74, 6) is -2.69. The average molecular weight is 480 g/mol. The molecule has 0 unspecified atom stereocenters. The fourth-order valence-electron chi connectivity index (χ4n) is 4.10. The van der Waals surface area contributed by atoms with Crippen LogP contribution in [0, 0.1) is 0 Å². The van der Waals surface area contributed by atoms with Crippen molar-refractivity contribution in [3.05, 3.63) is 70.4 Å². The summed E-state index contributed by atoms with van der Waals surface area (Å²) in [4.78, 5) is 30.9. The van der Waals surface area contributed by atoms with Crippen molar-refractivity contribution < 1.29 is 27.6 Å². The average Bonchev–Trinajstić information content (AvgIpc) is 3.15. The molecular weight excluding hydrogens is 459 g/mol. The highest BCUT2D eigenvalue weighted by Crippen LogP contribution is 2.30. The summed E-state index contributed by atoms with van der Waals surface area (Å²) >= 11 is 5.98. The Hall–Kier alpha value is -3.04. The fourth-order valence-corrected chi connectivity index (χ4v) is 4.28. The zero-order chi connectivity index (χ0) is 23.8. The molecule has 6 nitrogen and oxygen atoms in total. The molecule has 0 aliphatic carbocycles. The number of aromatic nitrogens is 1. The molecule has 0 saturated carbocycles. The van der Waals surface area contributed by atoms with Crippen LogP contribution in [0.4, 0.5) is 13.2 Å². The summed E-state index contributed by atoms with van der Waals surface area (Å²) in [5.41, 5.74) is 7.86. The smallest absolute Gasteiger partial charge is 0.337 e. The van der Waals surface area contributed by atoms with E-state index in [-0.39, 0.29) is 17.1 Å². The Kier molecular flexibility index (Phi) is 6.36. The van der Waals surface area contributed by atoms with Gasteiger partial charge < -0.3 is 15.5 Å². The Morgan fingerprint density at radius 1 is 1.09 bits per heavy atom. The summed E-state index contributed by atoms with van der Waals surface area (Å²) in [6, 6.07) is 13.7. The number of benzene rings is 2. The second-order valence-corrected chi connectivity index (χ2v) is 8.36. The molecular formula is C23H21ClF3N3O3. The predicted octanol–water partition coefficient (Wildman–Crippen LogP) is 4.29. The van der Waals surface area contributed by atoms with Crippen LogP contribution in [0.2, 0.25) is 5.02 Å². The lowest BCUT2D eigenvalue weighted by Crippen LogP contribution is -2.40. The third kappa shape index (κ3) is 4.84. The van der Waals surface area contributed by atoms with Crippen LogP contribution in [0.5, 0.6) is 0 Å². The van der Waals surface area contributed by atoms with Crippen LogP contribution in [0.15, 0.2) is 48.5 Å². The van der Waals surface area contributed by atoms with Gasteiger partial charge in [0.25, 0.3) is 5.91 Å². The first kappa shape index (κ1) is 23.1. The number of likely N-dealkylation sites (tertiary alicyclic amines) is 1. The van der Waals surface area contributed by atoms with Crippen molar-refractivity contribution in [2.45, 2.75) is 31.5 Å². The minimum absolute atomic E-state index is 0.133. The monoisotopic (exact) mass is 479 g/mol. The highest BCUT2D eigenvalue weighted by atomic mass is 35.5. The van der Waals surface area contributed by atoms with E-state index in [9.17, 15) is 22.8 Å². The topological polar surface area (TPSA) is 77.6 Å². The van der Waals surface area contributed by atoms with Crippen LogP contribution in [0.25, 0.3) is 10.9 Å². The van der Waals surface area contributed by atoms with Crippen molar-refractivity contribution in [3.8, 4) is 0 Å². The third-order valence-electron chi connectivity index (χ3n) is 5.78. The first-order chi connectivity index (χ1) is 15.7. The van der Waals surface area contributed by atoms with Gasteiger partial charge in [-0.15, -0.1) is 0 Å². The molecule has 1 aliphatic rings. The van der Waals surface area contributed by atoms with Crippen molar-refractivity contribution in [2.75, 3.05) is 13.1 Å². The van der Waals surface area contributed by atoms with Crippen molar-refractivity contribution in [2.24, 2.45) is 5.73 Å². The van der Waals surface area contributed by atoms with E-state index in [0.717, 1.165) is 11.1 Å².